The molecule has 1 atom stereocenters. The number of carboxylic acids is 1. The van der Waals surface area contributed by atoms with Gasteiger partial charge in [-0.15, -0.1) is 0 Å². The van der Waals surface area contributed by atoms with E-state index in [1.54, 1.807) is 4.90 Å². The second kappa shape index (κ2) is 9.40. The molecule has 0 saturated carbocycles. The Balaban J connectivity index is 0.000000412. The lowest BCUT2D eigenvalue weighted by Crippen LogP contribution is -2.54. The van der Waals surface area contributed by atoms with Crippen molar-refractivity contribution in [3.8, 4) is 0 Å². The highest BCUT2D eigenvalue weighted by Gasteiger charge is 2.40. The summed E-state index contributed by atoms with van der Waals surface area (Å²) in [5.74, 6) is -2.76. The number of piperidine rings is 1. The molecule has 0 aliphatic carbocycles. The Morgan fingerprint density at radius 2 is 1.85 bits per heavy atom. The number of amides is 2. The number of alkyl halides is 3. The molecular weight excluding hydrogens is 355 g/mol. The number of carbonyl (C=O) groups is 2. The molecule has 0 aromatic rings. The van der Waals surface area contributed by atoms with E-state index >= 15 is 0 Å². The molecule has 2 saturated heterocycles. The van der Waals surface area contributed by atoms with Crippen LogP contribution >= 0.6 is 0 Å². The molecule has 26 heavy (non-hydrogen) atoms. The minimum atomic E-state index is -5.08. The molecule has 1 unspecified atom stereocenters. The van der Waals surface area contributed by atoms with Gasteiger partial charge in [-0.05, 0) is 19.4 Å². The maximum absolute atomic E-state index is 12.2. The van der Waals surface area contributed by atoms with Gasteiger partial charge in [0.1, 0.15) is 0 Å². The predicted octanol–water partition coefficient (Wildman–Crippen LogP) is 1.74. The van der Waals surface area contributed by atoms with Crippen LogP contribution in [0.25, 0.3) is 0 Å². The molecule has 2 aliphatic rings. The van der Waals surface area contributed by atoms with Gasteiger partial charge in [-0.3, -0.25) is 0 Å². The first-order valence-corrected chi connectivity index (χ1v) is 8.57. The number of rotatable bonds is 1. The third-order valence-electron chi connectivity index (χ3n) is 4.52. The highest BCUT2D eigenvalue weighted by molar-refractivity contribution is 5.74. The first kappa shape index (κ1) is 22.5. The summed E-state index contributed by atoms with van der Waals surface area (Å²) in [6.07, 6.45) is -2.83. The van der Waals surface area contributed by atoms with Crippen molar-refractivity contribution in [2.45, 2.75) is 25.9 Å². The van der Waals surface area contributed by atoms with E-state index in [0.29, 0.717) is 0 Å². The van der Waals surface area contributed by atoms with Crippen molar-refractivity contribution in [2.75, 3.05) is 60.0 Å². The first-order valence-electron chi connectivity index (χ1n) is 8.57. The van der Waals surface area contributed by atoms with E-state index in [1.165, 1.54) is 6.42 Å². The van der Waals surface area contributed by atoms with Crippen molar-refractivity contribution in [3.63, 3.8) is 0 Å². The zero-order chi connectivity index (χ0) is 20.0. The van der Waals surface area contributed by atoms with Gasteiger partial charge in [-0.25, -0.2) is 9.59 Å². The number of aliphatic carboxylic acids is 1. The molecule has 152 valence electrons. The third kappa shape index (κ3) is 6.64. The molecule has 0 aromatic carbocycles. The Labute approximate surface area is 151 Å². The summed E-state index contributed by atoms with van der Waals surface area (Å²) >= 11 is 0. The molecule has 2 amide bonds. The Morgan fingerprint density at radius 3 is 2.35 bits per heavy atom. The zero-order valence-electron chi connectivity index (χ0n) is 15.5. The van der Waals surface area contributed by atoms with E-state index < -0.39 is 12.1 Å². The fourth-order valence-electron chi connectivity index (χ4n) is 3.25. The van der Waals surface area contributed by atoms with Crippen LogP contribution in [0.5, 0.6) is 0 Å². The maximum Gasteiger partial charge on any atom is 0.490 e. The number of hydrogen-bond acceptors (Lipinski definition) is 4. The van der Waals surface area contributed by atoms with Crippen molar-refractivity contribution in [1.29, 1.82) is 0 Å². The zero-order valence-corrected chi connectivity index (χ0v) is 15.5. The number of carboxylic acid groups (broad SMARTS) is 1. The normalized spacial score (nSPS) is 24.5. The number of nitrogens with zero attached hydrogens (tertiary/aromatic N) is 3. The summed E-state index contributed by atoms with van der Waals surface area (Å²) in [6, 6.07) is 0.131. The molecular formula is C16H28F3N3O4. The van der Waals surface area contributed by atoms with Crippen molar-refractivity contribution in [2.24, 2.45) is 5.41 Å². The number of carbonyl (C=O) groups excluding carboxylic acids is 1. The van der Waals surface area contributed by atoms with Crippen LogP contribution < -0.4 is 0 Å². The third-order valence-corrected chi connectivity index (χ3v) is 4.52. The fraction of sp³-hybridized carbons (Fsp3) is 0.875. The van der Waals surface area contributed by atoms with Crippen LogP contribution in [0, 0.1) is 5.41 Å². The summed E-state index contributed by atoms with van der Waals surface area (Å²) in [6.45, 7) is 8.65. The average molecular weight is 383 g/mol. The Hall–Kier alpha value is -1.55. The number of urea groups is 1. The highest BCUT2D eigenvalue weighted by Crippen LogP contribution is 2.33. The second-order valence-electron chi connectivity index (χ2n) is 6.93. The quantitative estimate of drug-likeness (QED) is 0.747. The van der Waals surface area contributed by atoms with E-state index in [1.807, 2.05) is 19.0 Å². The van der Waals surface area contributed by atoms with Gasteiger partial charge < -0.3 is 24.5 Å². The van der Waals surface area contributed by atoms with Gasteiger partial charge in [-0.2, -0.15) is 13.2 Å². The fourth-order valence-corrected chi connectivity index (χ4v) is 3.25. The Kier molecular flexibility index (Phi) is 8.14. The summed E-state index contributed by atoms with van der Waals surface area (Å²) in [5.41, 5.74) is 0.135. The first-order chi connectivity index (χ1) is 12.0. The van der Waals surface area contributed by atoms with Crippen LogP contribution in [0.15, 0.2) is 0 Å². The SMILES string of the molecule is CCN1CCOCC2(CCCN(C(=O)N(C)C)C2)C1.O=C(O)C(F)(F)F. The smallest absolute Gasteiger partial charge is 0.475 e. The summed E-state index contributed by atoms with van der Waals surface area (Å²) in [7, 11) is 3.65. The molecule has 10 heteroatoms. The van der Waals surface area contributed by atoms with Gasteiger partial charge >= 0.3 is 18.2 Å². The second-order valence-corrected chi connectivity index (χ2v) is 6.93. The van der Waals surface area contributed by atoms with Crippen LogP contribution in [0.1, 0.15) is 19.8 Å². The highest BCUT2D eigenvalue weighted by atomic mass is 19.4. The minimum absolute atomic E-state index is 0.131. The van der Waals surface area contributed by atoms with Gasteiger partial charge in [0, 0.05) is 45.7 Å². The number of halogens is 3. The van der Waals surface area contributed by atoms with Crippen molar-refractivity contribution in [3.05, 3.63) is 0 Å². The molecule has 1 spiro atoms. The van der Waals surface area contributed by atoms with E-state index in [2.05, 4.69) is 11.8 Å². The van der Waals surface area contributed by atoms with Crippen LogP contribution in [0.2, 0.25) is 0 Å². The topological polar surface area (TPSA) is 73.3 Å². The van der Waals surface area contributed by atoms with E-state index in [0.717, 1.165) is 52.4 Å². The molecule has 2 aliphatic heterocycles. The number of likely N-dealkylation sites (N-methyl/N-ethyl adjacent to an activating group) is 1. The van der Waals surface area contributed by atoms with Crippen molar-refractivity contribution < 1.29 is 32.6 Å². The lowest BCUT2D eigenvalue weighted by molar-refractivity contribution is -0.192. The minimum Gasteiger partial charge on any atom is -0.475 e. The largest absolute Gasteiger partial charge is 0.490 e. The van der Waals surface area contributed by atoms with Crippen LogP contribution in [-0.2, 0) is 9.53 Å². The maximum atomic E-state index is 12.2. The van der Waals surface area contributed by atoms with Gasteiger partial charge in [0.25, 0.3) is 0 Å². The summed E-state index contributed by atoms with van der Waals surface area (Å²) in [4.78, 5) is 27.2. The molecule has 1 N–H and O–H groups in total. The van der Waals surface area contributed by atoms with Gasteiger partial charge in [0.15, 0.2) is 0 Å². The molecule has 0 bridgehead atoms. The molecule has 7 nitrogen and oxygen atoms in total. The Morgan fingerprint density at radius 1 is 1.23 bits per heavy atom. The van der Waals surface area contributed by atoms with Gasteiger partial charge in [0.05, 0.1) is 13.2 Å². The summed E-state index contributed by atoms with van der Waals surface area (Å²) in [5, 5.41) is 7.12. The van der Waals surface area contributed by atoms with Crippen LogP contribution in [0.4, 0.5) is 18.0 Å². The van der Waals surface area contributed by atoms with Crippen LogP contribution in [0.3, 0.4) is 0 Å². The average Bonchev–Trinajstić information content (AvgIpc) is 2.76. The van der Waals surface area contributed by atoms with Crippen molar-refractivity contribution >= 4 is 12.0 Å². The van der Waals surface area contributed by atoms with Crippen molar-refractivity contribution in [1.82, 2.24) is 14.7 Å². The van der Waals surface area contributed by atoms with E-state index in [4.69, 9.17) is 14.6 Å². The number of hydrogen-bond donors (Lipinski definition) is 1. The lowest BCUT2D eigenvalue weighted by Gasteiger charge is -2.44. The standard InChI is InChI=1S/C14H27N3O2.C2HF3O2/c1-4-16-8-9-19-12-14(10-16)6-5-7-17(11-14)13(18)15(2)3;3-2(4,5)1(6)7/h4-12H2,1-3H3;(H,6,7). The number of likely N-dealkylation sites (tertiary alicyclic amines) is 1. The van der Waals surface area contributed by atoms with E-state index in [-0.39, 0.29) is 11.4 Å². The molecule has 0 radical (unpaired) electrons. The molecule has 0 aromatic heterocycles. The van der Waals surface area contributed by atoms with E-state index in [9.17, 15) is 18.0 Å². The lowest BCUT2D eigenvalue weighted by atomic mass is 9.80. The molecule has 2 fully saturated rings. The molecule has 2 rings (SSSR count). The van der Waals surface area contributed by atoms with Gasteiger partial charge in [-0.1, -0.05) is 6.92 Å². The van der Waals surface area contributed by atoms with Gasteiger partial charge in [0.2, 0.25) is 0 Å². The number of ether oxygens (including phenoxy) is 1. The molecule has 2 heterocycles. The predicted molar refractivity (Wildman–Crippen MR) is 88.9 cm³/mol. The Bertz CT molecular complexity index is 488. The monoisotopic (exact) mass is 383 g/mol. The van der Waals surface area contributed by atoms with Crippen LogP contribution in [-0.4, -0.2) is 98.0 Å². The summed E-state index contributed by atoms with van der Waals surface area (Å²) < 4.78 is 37.6.